The first-order valence-electron chi connectivity index (χ1n) is 5.58. The summed E-state index contributed by atoms with van der Waals surface area (Å²) in [7, 11) is 0. The molecular weight excluding hydrogens is 262 g/mol. The highest BCUT2D eigenvalue weighted by Gasteiger charge is 2.23. The summed E-state index contributed by atoms with van der Waals surface area (Å²) in [6.45, 7) is 2.44. The predicted molar refractivity (Wildman–Crippen MR) is 71.1 cm³/mol. The topological polar surface area (TPSA) is 29.3 Å². The van der Waals surface area contributed by atoms with E-state index in [1.807, 2.05) is 6.07 Å². The third-order valence-corrected chi connectivity index (χ3v) is 3.30. The summed E-state index contributed by atoms with van der Waals surface area (Å²) in [5.41, 5.74) is 6.62. The van der Waals surface area contributed by atoms with Gasteiger partial charge < -0.3 is 5.73 Å². The van der Waals surface area contributed by atoms with Gasteiger partial charge in [-0.3, -0.25) is 4.90 Å². The maximum absolute atomic E-state index is 13.2. The maximum atomic E-state index is 13.2. The number of benzene rings is 1. The van der Waals surface area contributed by atoms with E-state index in [9.17, 15) is 4.39 Å². The van der Waals surface area contributed by atoms with Gasteiger partial charge in [-0.05, 0) is 43.1 Å². The van der Waals surface area contributed by atoms with Gasteiger partial charge in [0.1, 0.15) is 5.82 Å². The van der Waals surface area contributed by atoms with Crippen LogP contribution in [0.25, 0.3) is 0 Å². The lowest BCUT2D eigenvalue weighted by molar-refractivity contribution is 0.250. The Morgan fingerprint density at radius 2 is 2.18 bits per heavy atom. The molecule has 0 saturated carbocycles. The van der Waals surface area contributed by atoms with E-state index in [1.54, 1.807) is 0 Å². The van der Waals surface area contributed by atoms with Crippen LogP contribution < -0.4 is 5.73 Å². The van der Waals surface area contributed by atoms with Crippen LogP contribution in [0.2, 0.25) is 5.02 Å². The van der Waals surface area contributed by atoms with E-state index in [4.69, 9.17) is 17.3 Å². The Kier molecular flexibility index (Phi) is 5.67. The first kappa shape index (κ1) is 14.7. The molecule has 1 heterocycles. The predicted octanol–water partition coefficient (Wildman–Crippen LogP) is 2.82. The van der Waals surface area contributed by atoms with Gasteiger partial charge in [-0.2, -0.15) is 0 Å². The molecule has 1 saturated heterocycles. The maximum Gasteiger partial charge on any atom is 0.125 e. The Morgan fingerprint density at radius 1 is 1.41 bits per heavy atom. The third kappa shape index (κ3) is 3.81. The molecule has 2 rings (SSSR count). The fourth-order valence-electron chi connectivity index (χ4n) is 2.31. The summed E-state index contributed by atoms with van der Waals surface area (Å²) < 4.78 is 13.2. The van der Waals surface area contributed by atoms with Gasteiger partial charge in [0.25, 0.3) is 0 Å². The summed E-state index contributed by atoms with van der Waals surface area (Å²) in [6.07, 6.45) is 2.31. The molecule has 2 nitrogen and oxygen atoms in total. The molecule has 0 aromatic heterocycles. The van der Waals surface area contributed by atoms with Crippen LogP contribution in [0, 0.1) is 5.82 Å². The first-order valence-corrected chi connectivity index (χ1v) is 5.96. The molecule has 1 unspecified atom stereocenters. The Morgan fingerprint density at radius 3 is 2.82 bits per heavy atom. The molecular formula is C12H17Cl2FN2. The van der Waals surface area contributed by atoms with E-state index in [-0.39, 0.29) is 18.2 Å². The van der Waals surface area contributed by atoms with Gasteiger partial charge in [0.05, 0.1) is 0 Å². The second-order valence-corrected chi connectivity index (χ2v) is 4.72. The van der Waals surface area contributed by atoms with Crippen LogP contribution in [0.4, 0.5) is 4.39 Å². The summed E-state index contributed by atoms with van der Waals surface area (Å²) in [5.74, 6) is -0.272. The van der Waals surface area contributed by atoms with Crippen molar-refractivity contribution in [2.24, 2.45) is 5.73 Å². The van der Waals surface area contributed by atoms with Crippen LogP contribution in [0.5, 0.6) is 0 Å². The van der Waals surface area contributed by atoms with Crippen molar-refractivity contribution >= 4 is 24.0 Å². The molecule has 0 spiro atoms. The number of nitrogens with zero attached hydrogens (tertiary/aromatic N) is 1. The molecule has 1 aromatic carbocycles. The molecule has 0 aliphatic carbocycles. The Bertz CT molecular complexity index is 353. The molecule has 5 heteroatoms. The van der Waals surface area contributed by atoms with Crippen molar-refractivity contribution in [2.45, 2.75) is 25.4 Å². The van der Waals surface area contributed by atoms with Crippen molar-refractivity contribution in [3.63, 3.8) is 0 Å². The monoisotopic (exact) mass is 278 g/mol. The van der Waals surface area contributed by atoms with Crippen molar-refractivity contribution in [3.05, 3.63) is 34.6 Å². The van der Waals surface area contributed by atoms with Crippen LogP contribution in [-0.2, 0) is 6.54 Å². The van der Waals surface area contributed by atoms with Crippen molar-refractivity contribution in [2.75, 3.05) is 13.1 Å². The Hall–Kier alpha value is -0.350. The van der Waals surface area contributed by atoms with Crippen LogP contribution in [-0.4, -0.2) is 24.0 Å². The number of likely N-dealkylation sites (tertiary alicyclic amines) is 1. The van der Waals surface area contributed by atoms with Gasteiger partial charge in [0, 0.05) is 24.2 Å². The first-order chi connectivity index (χ1) is 7.69. The molecule has 96 valence electrons. The zero-order valence-electron chi connectivity index (χ0n) is 9.53. The van der Waals surface area contributed by atoms with Gasteiger partial charge in [-0.25, -0.2) is 4.39 Å². The van der Waals surface area contributed by atoms with E-state index >= 15 is 0 Å². The summed E-state index contributed by atoms with van der Waals surface area (Å²) in [6, 6.07) is 5.12. The van der Waals surface area contributed by atoms with Crippen LogP contribution >= 0.6 is 24.0 Å². The molecule has 1 aromatic rings. The van der Waals surface area contributed by atoms with Crippen LogP contribution in [0.15, 0.2) is 18.2 Å². The average molecular weight is 279 g/mol. The number of nitrogens with two attached hydrogens (primary N) is 1. The lowest BCUT2D eigenvalue weighted by Gasteiger charge is -2.23. The van der Waals surface area contributed by atoms with Gasteiger partial charge in [-0.15, -0.1) is 12.4 Å². The van der Waals surface area contributed by atoms with Gasteiger partial charge in [0.2, 0.25) is 0 Å². The molecule has 0 bridgehead atoms. The smallest absolute Gasteiger partial charge is 0.125 e. The summed E-state index contributed by atoms with van der Waals surface area (Å²) in [4.78, 5) is 2.30. The summed E-state index contributed by atoms with van der Waals surface area (Å²) >= 11 is 5.82. The second kappa shape index (κ2) is 6.55. The molecule has 1 aliphatic rings. The van der Waals surface area contributed by atoms with Crippen molar-refractivity contribution < 1.29 is 4.39 Å². The molecule has 1 aliphatic heterocycles. The fourth-order valence-corrected chi connectivity index (χ4v) is 2.55. The highest BCUT2D eigenvalue weighted by molar-refractivity contribution is 6.30. The van der Waals surface area contributed by atoms with Crippen molar-refractivity contribution in [1.29, 1.82) is 0 Å². The van der Waals surface area contributed by atoms with Crippen molar-refractivity contribution in [3.8, 4) is 0 Å². The quantitative estimate of drug-likeness (QED) is 0.921. The van der Waals surface area contributed by atoms with Gasteiger partial charge in [-0.1, -0.05) is 11.6 Å². The number of hydrogen-bond acceptors (Lipinski definition) is 2. The molecule has 1 atom stereocenters. The minimum atomic E-state index is -0.272. The third-order valence-electron chi connectivity index (χ3n) is 3.08. The fraction of sp³-hybridized carbons (Fsp3) is 0.500. The van der Waals surface area contributed by atoms with E-state index in [0.717, 1.165) is 25.1 Å². The number of rotatable bonds is 3. The molecule has 0 radical (unpaired) electrons. The molecule has 0 amide bonds. The second-order valence-electron chi connectivity index (χ2n) is 4.28. The zero-order valence-corrected chi connectivity index (χ0v) is 11.1. The van der Waals surface area contributed by atoms with Crippen LogP contribution in [0.1, 0.15) is 18.4 Å². The van der Waals surface area contributed by atoms with E-state index in [0.29, 0.717) is 17.6 Å². The number of halogens is 3. The molecule has 17 heavy (non-hydrogen) atoms. The Labute approximate surface area is 112 Å². The van der Waals surface area contributed by atoms with Crippen LogP contribution in [0.3, 0.4) is 0 Å². The highest BCUT2D eigenvalue weighted by atomic mass is 35.5. The van der Waals surface area contributed by atoms with Gasteiger partial charge >= 0.3 is 0 Å². The highest BCUT2D eigenvalue weighted by Crippen LogP contribution is 2.21. The lowest BCUT2D eigenvalue weighted by Crippen LogP contribution is -2.34. The number of hydrogen-bond donors (Lipinski definition) is 1. The largest absolute Gasteiger partial charge is 0.329 e. The van der Waals surface area contributed by atoms with Crippen molar-refractivity contribution in [1.82, 2.24) is 4.90 Å². The minimum Gasteiger partial charge on any atom is -0.329 e. The average Bonchev–Trinajstić information content (AvgIpc) is 2.63. The summed E-state index contributed by atoms with van der Waals surface area (Å²) in [5, 5.41) is 0.457. The SMILES string of the molecule is Cl.NCC1CCCN1Cc1cc(F)cc(Cl)c1. The molecule has 2 N–H and O–H groups in total. The van der Waals surface area contributed by atoms with E-state index in [2.05, 4.69) is 4.90 Å². The standard InChI is InChI=1S/C12H16ClFN2.ClH/c13-10-4-9(5-11(14)6-10)8-16-3-1-2-12(16)7-15;/h4-6,12H,1-3,7-8,15H2;1H. The normalized spacial score (nSPS) is 20.3. The Balaban J connectivity index is 0.00000144. The van der Waals surface area contributed by atoms with E-state index in [1.165, 1.54) is 18.6 Å². The lowest BCUT2D eigenvalue weighted by atomic mass is 10.2. The van der Waals surface area contributed by atoms with Gasteiger partial charge in [0.15, 0.2) is 0 Å². The molecule has 1 fully saturated rings. The zero-order chi connectivity index (χ0) is 11.5. The minimum absolute atomic E-state index is 0. The van der Waals surface area contributed by atoms with E-state index < -0.39 is 0 Å².